The lowest BCUT2D eigenvalue weighted by molar-refractivity contribution is -0.150. The number of furan rings is 1. The molecule has 3 atom stereocenters. The Morgan fingerprint density at radius 1 is 1.25 bits per heavy atom. The lowest BCUT2D eigenvalue weighted by atomic mass is 9.67. The second-order valence-corrected chi connectivity index (χ2v) is 8.45. The van der Waals surface area contributed by atoms with Crippen LogP contribution in [0.2, 0.25) is 0 Å². The summed E-state index contributed by atoms with van der Waals surface area (Å²) in [6.45, 7) is 3.61. The molecule has 164 valence electrons. The molecule has 7 nitrogen and oxygen atoms in total. The van der Waals surface area contributed by atoms with Gasteiger partial charge >= 0.3 is 11.9 Å². The average Bonchev–Trinajstić information content (AvgIpc) is 3.41. The molecule has 0 spiro atoms. The summed E-state index contributed by atoms with van der Waals surface area (Å²) in [5.74, 6) is -0.340. The maximum Gasteiger partial charge on any atom is 0.344 e. The molecule has 0 N–H and O–H groups in total. The van der Waals surface area contributed by atoms with Gasteiger partial charge in [0.25, 0.3) is 0 Å². The average molecular weight is 433 g/mol. The van der Waals surface area contributed by atoms with Crippen LogP contribution in [0.1, 0.15) is 38.4 Å². The third-order valence-electron chi connectivity index (χ3n) is 6.44. The lowest BCUT2D eigenvalue weighted by Gasteiger charge is -2.36. The molecule has 0 unspecified atom stereocenters. The van der Waals surface area contributed by atoms with Gasteiger partial charge in [-0.05, 0) is 43.5 Å². The van der Waals surface area contributed by atoms with E-state index in [1.807, 2.05) is 44.2 Å². The first kappa shape index (κ1) is 20.3. The van der Waals surface area contributed by atoms with Crippen molar-refractivity contribution in [2.75, 3.05) is 6.61 Å². The highest BCUT2D eigenvalue weighted by molar-refractivity contribution is 5.94. The Bertz CT molecular complexity index is 1210. The zero-order chi connectivity index (χ0) is 22.3. The number of benzene rings is 1. The summed E-state index contributed by atoms with van der Waals surface area (Å²) < 4.78 is 22.3. The van der Waals surface area contributed by atoms with Crippen LogP contribution in [0, 0.1) is 5.41 Å². The van der Waals surface area contributed by atoms with Crippen LogP contribution < -0.4 is 4.74 Å². The van der Waals surface area contributed by atoms with Gasteiger partial charge in [-0.2, -0.15) is 0 Å². The molecule has 0 bridgehead atoms. The summed E-state index contributed by atoms with van der Waals surface area (Å²) >= 11 is 0. The number of hydrogen-bond donors (Lipinski definition) is 0. The third kappa shape index (κ3) is 3.34. The van der Waals surface area contributed by atoms with Gasteiger partial charge in [0.05, 0.1) is 12.5 Å². The smallest absolute Gasteiger partial charge is 0.344 e. The molecule has 2 aliphatic rings. The van der Waals surface area contributed by atoms with E-state index in [4.69, 9.17) is 18.6 Å². The fraction of sp³-hybridized carbons (Fsp3) is 0.320. The molecule has 3 aromatic rings. The number of cyclic esters (lactones) is 1. The van der Waals surface area contributed by atoms with Crippen LogP contribution >= 0.6 is 0 Å². The Labute approximate surface area is 185 Å². The predicted molar refractivity (Wildman–Crippen MR) is 115 cm³/mol. The van der Waals surface area contributed by atoms with Crippen LogP contribution in [0.3, 0.4) is 0 Å². The van der Waals surface area contributed by atoms with Crippen molar-refractivity contribution >= 4 is 22.8 Å². The van der Waals surface area contributed by atoms with Crippen LogP contribution in [0.15, 0.2) is 70.7 Å². The fourth-order valence-corrected chi connectivity index (χ4v) is 4.87. The molecule has 1 fully saturated rings. The molecule has 0 amide bonds. The number of pyridine rings is 1. The van der Waals surface area contributed by atoms with E-state index in [-0.39, 0.29) is 12.6 Å². The minimum Gasteiger partial charge on any atom is -0.480 e. The molecule has 1 aromatic carbocycles. The monoisotopic (exact) mass is 433 g/mol. The topological polar surface area (TPSA) is 87.9 Å². The van der Waals surface area contributed by atoms with Gasteiger partial charge in [0.1, 0.15) is 23.5 Å². The summed E-state index contributed by atoms with van der Waals surface area (Å²) in [4.78, 5) is 29.6. The van der Waals surface area contributed by atoms with Crippen LogP contribution in [0.5, 0.6) is 5.75 Å². The van der Waals surface area contributed by atoms with Crippen molar-refractivity contribution in [3.05, 3.63) is 71.8 Å². The van der Waals surface area contributed by atoms with E-state index in [1.54, 1.807) is 24.8 Å². The summed E-state index contributed by atoms with van der Waals surface area (Å²) in [6, 6.07) is 11.1. The molecule has 1 aliphatic heterocycles. The van der Waals surface area contributed by atoms with E-state index >= 15 is 0 Å². The van der Waals surface area contributed by atoms with Crippen molar-refractivity contribution < 1.29 is 28.2 Å². The largest absolute Gasteiger partial charge is 0.480 e. The Morgan fingerprint density at radius 3 is 2.91 bits per heavy atom. The quantitative estimate of drug-likeness (QED) is 0.546. The summed E-state index contributed by atoms with van der Waals surface area (Å²) in [5.41, 5.74) is 2.35. The number of esters is 2. The molecule has 2 aromatic heterocycles. The van der Waals surface area contributed by atoms with E-state index in [2.05, 4.69) is 4.98 Å². The van der Waals surface area contributed by atoms with E-state index in [1.165, 1.54) is 0 Å². The Morgan fingerprint density at radius 2 is 2.09 bits per heavy atom. The minimum atomic E-state index is -0.496. The Hall–Kier alpha value is -3.61. The summed E-state index contributed by atoms with van der Waals surface area (Å²) in [6.07, 6.45) is 5.20. The van der Waals surface area contributed by atoms with Crippen molar-refractivity contribution in [1.82, 2.24) is 4.98 Å². The molecule has 1 saturated heterocycles. The standard InChI is InChI=1S/C25H23NO6/c1-15-18(8-10-25(2)21(15)24(28)32-23(25)17-9-12-29-13-17)31-20(27)14-30-19-7-3-5-16-6-4-11-26-22(16)19/h3-7,9,11-13,18,23H,8,10,14H2,1-2H3/t18-,23+,25-/m1/s1. The van der Waals surface area contributed by atoms with Crippen LogP contribution in [-0.2, 0) is 19.1 Å². The molecule has 3 heterocycles. The van der Waals surface area contributed by atoms with Crippen LogP contribution in [-0.4, -0.2) is 29.6 Å². The van der Waals surface area contributed by atoms with Crippen molar-refractivity contribution in [3.63, 3.8) is 0 Å². The van der Waals surface area contributed by atoms with Gasteiger partial charge < -0.3 is 18.6 Å². The van der Waals surface area contributed by atoms with Gasteiger partial charge in [-0.25, -0.2) is 9.59 Å². The predicted octanol–water partition coefficient (Wildman–Crippen LogP) is 4.53. The van der Waals surface area contributed by atoms with Crippen molar-refractivity contribution in [1.29, 1.82) is 0 Å². The van der Waals surface area contributed by atoms with Crippen LogP contribution in [0.4, 0.5) is 0 Å². The number of aromatic nitrogens is 1. The fourth-order valence-electron chi connectivity index (χ4n) is 4.87. The number of hydrogen-bond acceptors (Lipinski definition) is 7. The van der Waals surface area contributed by atoms with Crippen molar-refractivity contribution in [3.8, 4) is 5.75 Å². The summed E-state index contributed by atoms with van der Waals surface area (Å²) in [7, 11) is 0. The van der Waals surface area contributed by atoms with Gasteiger partial charge in [0.15, 0.2) is 6.61 Å². The molecule has 0 radical (unpaired) electrons. The number of fused-ring (bicyclic) bond motifs is 2. The highest BCUT2D eigenvalue weighted by atomic mass is 16.6. The maximum atomic E-state index is 12.7. The molecule has 0 saturated carbocycles. The highest BCUT2D eigenvalue weighted by Gasteiger charge is 2.54. The second-order valence-electron chi connectivity index (χ2n) is 8.45. The van der Waals surface area contributed by atoms with Gasteiger partial charge in [-0.3, -0.25) is 4.98 Å². The molecular weight excluding hydrogens is 410 g/mol. The number of para-hydroxylation sites is 1. The minimum absolute atomic E-state index is 0.242. The SMILES string of the molecule is CC1=C2C(=O)O[C@@H](c3ccoc3)[C@]2(C)CC[C@H]1OC(=O)COc1cccc2cccnc12. The highest BCUT2D eigenvalue weighted by Crippen LogP contribution is 2.56. The van der Waals surface area contributed by atoms with Crippen LogP contribution in [0.25, 0.3) is 10.9 Å². The first-order valence-corrected chi connectivity index (χ1v) is 10.6. The Kier molecular flexibility index (Phi) is 4.96. The zero-order valence-corrected chi connectivity index (χ0v) is 17.9. The third-order valence-corrected chi connectivity index (χ3v) is 6.44. The molecule has 32 heavy (non-hydrogen) atoms. The molecule has 7 heteroatoms. The van der Waals surface area contributed by atoms with E-state index < -0.39 is 23.6 Å². The van der Waals surface area contributed by atoms with Gasteiger partial charge in [-0.1, -0.05) is 25.1 Å². The lowest BCUT2D eigenvalue weighted by Crippen LogP contribution is -2.35. The van der Waals surface area contributed by atoms with Gasteiger partial charge in [-0.15, -0.1) is 0 Å². The molecule has 5 rings (SSSR count). The van der Waals surface area contributed by atoms with Gasteiger partial charge in [0, 0.05) is 28.1 Å². The van der Waals surface area contributed by atoms with E-state index in [9.17, 15) is 9.59 Å². The van der Waals surface area contributed by atoms with Crippen molar-refractivity contribution in [2.24, 2.45) is 5.41 Å². The van der Waals surface area contributed by atoms with Crippen molar-refractivity contribution in [2.45, 2.75) is 38.9 Å². The number of carbonyl (C=O) groups is 2. The second kappa shape index (κ2) is 7.82. The molecular formula is C25H23NO6. The first-order chi connectivity index (χ1) is 15.5. The summed E-state index contributed by atoms with van der Waals surface area (Å²) in [5, 5.41) is 0.928. The number of carbonyl (C=O) groups excluding carboxylic acids is 2. The normalized spacial score (nSPS) is 24.9. The number of rotatable bonds is 5. The molecule has 1 aliphatic carbocycles. The first-order valence-electron chi connectivity index (χ1n) is 10.6. The zero-order valence-electron chi connectivity index (χ0n) is 17.9. The number of nitrogens with zero attached hydrogens (tertiary/aromatic N) is 1. The van der Waals surface area contributed by atoms with Gasteiger partial charge in [0.2, 0.25) is 0 Å². The maximum absolute atomic E-state index is 12.7. The number of ether oxygens (including phenoxy) is 3. The van der Waals surface area contributed by atoms with E-state index in [0.29, 0.717) is 29.7 Å². The Balaban J connectivity index is 1.30. The van der Waals surface area contributed by atoms with E-state index in [0.717, 1.165) is 16.5 Å².